The highest BCUT2D eigenvalue weighted by molar-refractivity contribution is 6.33. The number of benzene rings is 1. The van der Waals surface area contributed by atoms with Crippen molar-refractivity contribution in [2.45, 2.75) is 31.8 Å². The Kier molecular flexibility index (Phi) is 4.87. The van der Waals surface area contributed by atoms with Gasteiger partial charge in [0, 0.05) is 16.6 Å². The van der Waals surface area contributed by atoms with Crippen LogP contribution in [0.25, 0.3) is 0 Å². The fourth-order valence-corrected chi connectivity index (χ4v) is 2.44. The molecule has 0 unspecified atom stereocenters. The molecule has 18 heavy (non-hydrogen) atoms. The fourth-order valence-electron chi connectivity index (χ4n) is 2.06. The molecule has 0 spiro atoms. The predicted molar refractivity (Wildman–Crippen MR) is 74.0 cm³/mol. The lowest BCUT2D eigenvalue weighted by Crippen LogP contribution is -2.46. The molecule has 0 bridgehead atoms. The van der Waals surface area contributed by atoms with E-state index in [1.54, 1.807) is 18.2 Å². The monoisotopic (exact) mass is 286 g/mol. The average molecular weight is 287 g/mol. The van der Waals surface area contributed by atoms with Crippen LogP contribution in [0.4, 0.5) is 0 Å². The molecule has 2 N–H and O–H groups in total. The Morgan fingerprint density at radius 2 is 2.22 bits per heavy atom. The van der Waals surface area contributed by atoms with E-state index in [1.165, 1.54) is 0 Å². The smallest absolute Gasteiger partial charge is 0.237 e. The summed E-state index contributed by atoms with van der Waals surface area (Å²) in [6, 6.07) is 5.18. The summed E-state index contributed by atoms with van der Waals surface area (Å²) in [5, 5.41) is 7.35. The lowest BCUT2D eigenvalue weighted by Gasteiger charge is -2.22. The van der Waals surface area contributed by atoms with Gasteiger partial charge in [-0.25, -0.2) is 0 Å². The summed E-state index contributed by atoms with van der Waals surface area (Å²) in [4.78, 5) is 11.9. The third-order valence-corrected chi connectivity index (χ3v) is 3.69. The first-order chi connectivity index (χ1) is 8.66. The molecule has 0 radical (unpaired) electrons. The van der Waals surface area contributed by atoms with E-state index < -0.39 is 0 Å². The minimum Gasteiger partial charge on any atom is -0.351 e. The Labute approximate surface area is 117 Å². The van der Waals surface area contributed by atoms with Crippen molar-refractivity contribution in [1.82, 2.24) is 10.6 Å². The molecule has 1 aromatic carbocycles. The largest absolute Gasteiger partial charge is 0.351 e. The lowest BCUT2D eigenvalue weighted by atomic mass is 10.0. The summed E-state index contributed by atoms with van der Waals surface area (Å²) in [5.41, 5.74) is 0.841. The van der Waals surface area contributed by atoms with Crippen LogP contribution in [0.5, 0.6) is 0 Å². The van der Waals surface area contributed by atoms with Crippen molar-refractivity contribution in [2.24, 2.45) is 0 Å². The average Bonchev–Trinajstić information content (AvgIpc) is 2.40. The predicted octanol–water partition coefficient (Wildman–Crippen LogP) is 2.75. The molecular weight excluding hydrogens is 271 g/mol. The Balaban J connectivity index is 1.90. The lowest BCUT2D eigenvalue weighted by molar-refractivity contribution is -0.123. The van der Waals surface area contributed by atoms with Gasteiger partial charge >= 0.3 is 0 Å². The van der Waals surface area contributed by atoms with Gasteiger partial charge in [-0.2, -0.15) is 0 Å². The molecule has 1 fully saturated rings. The van der Waals surface area contributed by atoms with Gasteiger partial charge in [-0.3, -0.25) is 4.79 Å². The van der Waals surface area contributed by atoms with E-state index in [2.05, 4.69) is 10.6 Å². The summed E-state index contributed by atoms with van der Waals surface area (Å²) in [6.07, 6.45) is 3.14. The van der Waals surface area contributed by atoms with Crippen molar-refractivity contribution >= 4 is 29.1 Å². The van der Waals surface area contributed by atoms with Crippen molar-refractivity contribution in [3.63, 3.8) is 0 Å². The maximum Gasteiger partial charge on any atom is 0.237 e. The molecule has 0 aliphatic carbocycles. The van der Waals surface area contributed by atoms with Gasteiger partial charge in [-0.15, -0.1) is 0 Å². The summed E-state index contributed by atoms with van der Waals surface area (Å²) in [5.74, 6) is 0.0331. The maximum atomic E-state index is 11.9. The highest BCUT2D eigenvalue weighted by atomic mass is 35.5. The second-order valence-corrected chi connectivity index (χ2v) is 5.30. The summed E-state index contributed by atoms with van der Waals surface area (Å²) in [7, 11) is 0. The van der Waals surface area contributed by atoms with E-state index in [1.807, 2.05) is 0 Å². The third kappa shape index (κ3) is 3.61. The van der Waals surface area contributed by atoms with E-state index in [0.29, 0.717) is 16.6 Å². The van der Waals surface area contributed by atoms with E-state index in [-0.39, 0.29) is 11.9 Å². The quantitative estimate of drug-likeness (QED) is 0.897. The first-order valence-corrected chi connectivity index (χ1v) is 6.87. The Hall–Kier alpha value is -0.770. The number of hydrogen-bond donors (Lipinski definition) is 2. The number of hydrogen-bond acceptors (Lipinski definition) is 2. The molecule has 0 saturated carbocycles. The molecule has 1 atom stereocenters. The van der Waals surface area contributed by atoms with Gasteiger partial charge in [0.25, 0.3) is 0 Å². The van der Waals surface area contributed by atoms with Gasteiger partial charge in [0.2, 0.25) is 5.91 Å². The van der Waals surface area contributed by atoms with Crippen LogP contribution < -0.4 is 10.6 Å². The zero-order valence-corrected chi connectivity index (χ0v) is 11.5. The van der Waals surface area contributed by atoms with Gasteiger partial charge in [0.05, 0.1) is 6.04 Å². The number of carbonyl (C=O) groups is 1. The third-order valence-electron chi connectivity index (χ3n) is 3.09. The molecule has 1 heterocycles. The van der Waals surface area contributed by atoms with E-state index >= 15 is 0 Å². The second-order valence-electron chi connectivity index (χ2n) is 4.46. The van der Waals surface area contributed by atoms with Gasteiger partial charge in [0.15, 0.2) is 0 Å². The van der Waals surface area contributed by atoms with E-state index in [4.69, 9.17) is 23.2 Å². The van der Waals surface area contributed by atoms with Crippen LogP contribution >= 0.6 is 23.2 Å². The maximum absolute atomic E-state index is 11.9. The van der Waals surface area contributed by atoms with Crippen LogP contribution in [-0.2, 0) is 11.3 Å². The highest BCUT2D eigenvalue weighted by Crippen LogP contribution is 2.20. The normalized spacial score (nSPS) is 19.6. The van der Waals surface area contributed by atoms with E-state index in [0.717, 1.165) is 31.4 Å². The van der Waals surface area contributed by atoms with Crippen LogP contribution in [0.1, 0.15) is 24.8 Å². The number of amides is 1. The minimum absolute atomic E-state index is 0.0331. The van der Waals surface area contributed by atoms with Crippen molar-refractivity contribution in [3.05, 3.63) is 33.8 Å². The number of carbonyl (C=O) groups excluding carboxylic acids is 1. The van der Waals surface area contributed by atoms with Crippen LogP contribution in [0.2, 0.25) is 10.0 Å². The van der Waals surface area contributed by atoms with Gasteiger partial charge in [-0.05, 0) is 43.1 Å². The van der Waals surface area contributed by atoms with Gasteiger partial charge < -0.3 is 10.6 Å². The van der Waals surface area contributed by atoms with Crippen molar-refractivity contribution in [1.29, 1.82) is 0 Å². The molecule has 1 saturated heterocycles. The van der Waals surface area contributed by atoms with Crippen LogP contribution in [0.3, 0.4) is 0 Å². The molecule has 98 valence electrons. The molecule has 2 rings (SSSR count). The zero-order valence-electron chi connectivity index (χ0n) is 10.0. The fraction of sp³-hybridized carbons (Fsp3) is 0.462. The highest BCUT2D eigenvalue weighted by Gasteiger charge is 2.20. The number of nitrogens with one attached hydrogen (secondary N) is 2. The topological polar surface area (TPSA) is 41.1 Å². The first-order valence-electron chi connectivity index (χ1n) is 6.12. The zero-order chi connectivity index (χ0) is 13.0. The Morgan fingerprint density at radius 1 is 1.39 bits per heavy atom. The summed E-state index contributed by atoms with van der Waals surface area (Å²) >= 11 is 11.9. The number of halogens is 2. The number of piperidine rings is 1. The molecular formula is C13H16Cl2N2O. The molecule has 5 heteroatoms. The molecule has 0 aromatic heterocycles. The summed E-state index contributed by atoms with van der Waals surface area (Å²) in [6.45, 7) is 1.33. The first kappa shape index (κ1) is 13.7. The Morgan fingerprint density at radius 3 is 2.94 bits per heavy atom. The van der Waals surface area contributed by atoms with Crippen molar-refractivity contribution in [2.75, 3.05) is 6.54 Å². The molecule has 3 nitrogen and oxygen atoms in total. The molecule has 1 aliphatic rings. The van der Waals surface area contributed by atoms with Crippen LogP contribution in [0.15, 0.2) is 18.2 Å². The molecule has 1 aromatic rings. The van der Waals surface area contributed by atoms with Gasteiger partial charge in [0.1, 0.15) is 0 Å². The SMILES string of the molecule is O=C(NCc1cc(Cl)ccc1Cl)[C@@H]1CCCCN1. The summed E-state index contributed by atoms with van der Waals surface area (Å²) < 4.78 is 0. The second kappa shape index (κ2) is 6.41. The minimum atomic E-state index is -0.0725. The van der Waals surface area contributed by atoms with Crippen LogP contribution in [0, 0.1) is 0 Å². The van der Waals surface area contributed by atoms with E-state index in [9.17, 15) is 4.79 Å². The van der Waals surface area contributed by atoms with Crippen LogP contribution in [-0.4, -0.2) is 18.5 Å². The molecule has 1 aliphatic heterocycles. The van der Waals surface area contributed by atoms with Crippen molar-refractivity contribution < 1.29 is 4.79 Å². The van der Waals surface area contributed by atoms with Crippen molar-refractivity contribution in [3.8, 4) is 0 Å². The Bertz CT molecular complexity index is 431. The van der Waals surface area contributed by atoms with Gasteiger partial charge in [-0.1, -0.05) is 29.6 Å². The molecule has 1 amide bonds. The standard InChI is InChI=1S/C13H16Cl2N2O/c14-10-4-5-11(15)9(7-10)8-17-13(18)12-3-1-2-6-16-12/h4-5,7,12,16H,1-3,6,8H2,(H,17,18)/t12-/m0/s1. The number of rotatable bonds is 3.